The number of anilines is 2. The molecule has 2 aromatic rings. The maximum absolute atomic E-state index is 6.10. The van der Waals surface area contributed by atoms with Crippen molar-refractivity contribution >= 4 is 23.0 Å². The van der Waals surface area contributed by atoms with Crippen molar-refractivity contribution in [2.45, 2.75) is 25.2 Å². The molecular formula is C18H21ClN2. The number of nitrogens with two attached hydrogens (primary N) is 1. The molecule has 2 N–H and O–H groups in total. The lowest BCUT2D eigenvalue weighted by atomic mass is 9.82. The molecule has 0 saturated carbocycles. The Bertz CT molecular complexity index is 639. The van der Waals surface area contributed by atoms with Gasteiger partial charge in [0.15, 0.2) is 0 Å². The van der Waals surface area contributed by atoms with E-state index in [9.17, 15) is 0 Å². The molecule has 3 rings (SSSR count). The molecular weight excluding hydrogens is 280 g/mol. The van der Waals surface area contributed by atoms with Gasteiger partial charge in [-0.05, 0) is 48.6 Å². The van der Waals surface area contributed by atoms with E-state index in [-0.39, 0.29) is 0 Å². The predicted molar refractivity (Wildman–Crippen MR) is 91.3 cm³/mol. The second kappa shape index (κ2) is 5.98. The average Bonchev–Trinajstić information content (AvgIpc) is 2.50. The third-order valence-corrected chi connectivity index (χ3v) is 4.63. The molecule has 0 fully saturated rings. The van der Waals surface area contributed by atoms with E-state index in [1.54, 1.807) is 0 Å². The van der Waals surface area contributed by atoms with E-state index < -0.39 is 0 Å². The van der Waals surface area contributed by atoms with Crippen molar-refractivity contribution in [2.24, 2.45) is 0 Å². The lowest BCUT2D eigenvalue weighted by molar-refractivity contribution is 0.551. The van der Waals surface area contributed by atoms with Crippen LogP contribution in [0, 0.1) is 0 Å². The van der Waals surface area contributed by atoms with Crippen molar-refractivity contribution in [3.63, 3.8) is 0 Å². The van der Waals surface area contributed by atoms with Crippen molar-refractivity contribution in [3.05, 3.63) is 58.6 Å². The van der Waals surface area contributed by atoms with Gasteiger partial charge in [-0.25, -0.2) is 0 Å². The third kappa shape index (κ3) is 3.01. The second-order valence-electron chi connectivity index (χ2n) is 5.87. The van der Waals surface area contributed by atoms with Gasteiger partial charge in [0.25, 0.3) is 0 Å². The Morgan fingerprint density at radius 1 is 1.24 bits per heavy atom. The number of aryl methyl sites for hydroxylation is 1. The quantitative estimate of drug-likeness (QED) is 0.847. The first-order chi connectivity index (χ1) is 10.1. The molecule has 0 aliphatic heterocycles. The van der Waals surface area contributed by atoms with E-state index in [0.29, 0.717) is 5.92 Å². The normalized spacial score (nSPS) is 17.3. The Hall–Kier alpha value is -1.67. The average molecular weight is 301 g/mol. The maximum atomic E-state index is 6.10. The van der Waals surface area contributed by atoms with Gasteiger partial charge >= 0.3 is 0 Å². The molecule has 0 spiro atoms. The highest BCUT2D eigenvalue weighted by molar-refractivity contribution is 6.31. The minimum Gasteiger partial charge on any atom is -0.397 e. The molecule has 1 aliphatic rings. The highest BCUT2D eigenvalue weighted by atomic mass is 35.5. The van der Waals surface area contributed by atoms with Crippen LogP contribution in [0.2, 0.25) is 5.02 Å². The highest BCUT2D eigenvalue weighted by Gasteiger charge is 2.21. The minimum absolute atomic E-state index is 0.568. The van der Waals surface area contributed by atoms with Crippen molar-refractivity contribution in [3.8, 4) is 0 Å². The molecule has 0 radical (unpaired) electrons. The summed E-state index contributed by atoms with van der Waals surface area (Å²) in [6.45, 7) is 0.974. The predicted octanol–water partition coefficient (Wildman–Crippen LogP) is 4.48. The molecule has 0 aromatic heterocycles. The van der Waals surface area contributed by atoms with Crippen molar-refractivity contribution in [1.29, 1.82) is 0 Å². The topological polar surface area (TPSA) is 29.3 Å². The van der Waals surface area contributed by atoms with Crippen LogP contribution in [0.1, 0.15) is 29.9 Å². The van der Waals surface area contributed by atoms with Gasteiger partial charge in [-0.3, -0.25) is 0 Å². The largest absolute Gasteiger partial charge is 0.397 e. The summed E-state index contributed by atoms with van der Waals surface area (Å²) in [6.07, 6.45) is 3.71. The third-order valence-electron chi connectivity index (χ3n) is 4.39. The smallest absolute Gasteiger partial charge is 0.0612 e. The van der Waals surface area contributed by atoms with Gasteiger partial charge in [-0.2, -0.15) is 0 Å². The van der Waals surface area contributed by atoms with Crippen LogP contribution in [-0.4, -0.2) is 13.6 Å². The van der Waals surface area contributed by atoms with Crippen LogP contribution in [0.5, 0.6) is 0 Å². The summed E-state index contributed by atoms with van der Waals surface area (Å²) >= 11 is 6.10. The number of benzene rings is 2. The van der Waals surface area contributed by atoms with Gasteiger partial charge < -0.3 is 10.6 Å². The van der Waals surface area contributed by atoms with Gasteiger partial charge in [0.05, 0.1) is 11.4 Å². The van der Waals surface area contributed by atoms with E-state index in [2.05, 4.69) is 36.2 Å². The van der Waals surface area contributed by atoms with E-state index >= 15 is 0 Å². The number of fused-ring (bicyclic) bond motifs is 1. The molecule has 1 atom stereocenters. The Balaban J connectivity index is 1.82. The fourth-order valence-corrected chi connectivity index (χ4v) is 3.49. The molecule has 21 heavy (non-hydrogen) atoms. The summed E-state index contributed by atoms with van der Waals surface area (Å²) in [7, 11) is 2.10. The maximum Gasteiger partial charge on any atom is 0.0612 e. The molecule has 2 aromatic carbocycles. The molecule has 1 unspecified atom stereocenters. The van der Waals surface area contributed by atoms with E-state index in [1.165, 1.54) is 30.4 Å². The number of hydrogen-bond acceptors (Lipinski definition) is 2. The first-order valence-electron chi connectivity index (χ1n) is 7.49. The van der Waals surface area contributed by atoms with Gasteiger partial charge in [-0.1, -0.05) is 35.9 Å². The summed E-state index contributed by atoms with van der Waals surface area (Å²) < 4.78 is 0. The van der Waals surface area contributed by atoms with Crippen LogP contribution in [-0.2, 0) is 6.42 Å². The first kappa shape index (κ1) is 14.3. The fourth-order valence-electron chi connectivity index (χ4n) is 3.32. The fraction of sp³-hybridized carbons (Fsp3) is 0.333. The number of hydrogen-bond donors (Lipinski definition) is 1. The molecule has 0 heterocycles. The van der Waals surface area contributed by atoms with Crippen LogP contribution in [0.3, 0.4) is 0 Å². The van der Waals surface area contributed by atoms with Crippen LogP contribution >= 0.6 is 11.6 Å². The van der Waals surface area contributed by atoms with Gasteiger partial charge in [0.1, 0.15) is 0 Å². The lowest BCUT2D eigenvalue weighted by Gasteiger charge is -2.31. The molecule has 110 valence electrons. The molecule has 0 saturated heterocycles. The summed E-state index contributed by atoms with van der Waals surface area (Å²) in [4.78, 5) is 2.23. The van der Waals surface area contributed by atoms with Crippen LogP contribution in [0.4, 0.5) is 11.4 Å². The van der Waals surface area contributed by atoms with E-state index in [4.69, 9.17) is 17.3 Å². The van der Waals surface area contributed by atoms with E-state index in [0.717, 1.165) is 22.9 Å². The van der Waals surface area contributed by atoms with Crippen molar-refractivity contribution < 1.29 is 0 Å². The van der Waals surface area contributed by atoms with Crippen molar-refractivity contribution in [2.75, 3.05) is 24.2 Å². The standard InChI is InChI=1S/C18H21ClN2/c1-21(18-11-15(19)9-10-17(18)20)12-14-7-4-6-13-5-2-3-8-16(13)14/h2-3,5,8-11,14H,4,6-7,12,20H2,1H3. The number of nitrogen functional groups attached to an aromatic ring is 1. The summed E-state index contributed by atoms with van der Waals surface area (Å²) in [5.41, 5.74) is 10.9. The first-order valence-corrected chi connectivity index (χ1v) is 7.87. The molecule has 0 bridgehead atoms. The van der Waals surface area contributed by atoms with Gasteiger partial charge in [0.2, 0.25) is 0 Å². The summed E-state index contributed by atoms with van der Waals surface area (Å²) in [5.74, 6) is 0.568. The Morgan fingerprint density at radius 3 is 2.90 bits per heavy atom. The Kier molecular flexibility index (Phi) is 4.07. The van der Waals surface area contributed by atoms with Crippen LogP contribution in [0.15, 0.2) is 42.5 Å². The second-order valence-corrected chi connectivity index (χ2v) is 6.31. The zero-order valence-electron chi connectivity index (χ0n) is 12.3. The molecule has 3 heteroatoms. The molecule has 0 amide bonds. The van der Waals surface area contributed by atoms with Crippen LogP contribution in [0.25, 0.3) is 0 Å². The SMILES string of the molecule is CN(CC1CCCc2ccccc21)c1cc(Cl)ccc1N. The Morgan fingerprint density at radius 2 is 2.05 bits per heavy atom. The lowest BCUT2D eigenvalue weighted by Crippen LogP contribution is -2.27. The molecule has 2 nitrogen and oxygen atoms in total. The Labute approximate surface area is 131 Å². The number of nitrogens with zero attached hydrogens (tertiary/aromatic N) is 1. The number of halogens is 1. The zero-order chi connectivity index (χ0) is 14.8. The molecule has 1 aliphatic carbocycles. The monoisotopic (exact) mass is 300 g/mol. The number of likely N-dealkylation sites (N-methyl/N-ethyl adjacent to an activating group) is 1. The summed E-state index contributed by atoms with van der Waals surface area (Å²) in [5, 5.41) is 0.732. The van der Waals surface area contributed by atoms with Gasteiger partial charge in [-0.15, -0.1) is 0 Å². The van der Waals surface area contributed by atoms with Crippen molar-refractivity contribution in [1.82, 2.24) is 0 Å². The zero-order valence-corrected chi connectivity index (χ0v) is 13.1. The summed E-state index contributed by atoms with van der Waals surface area (Å²) in [6, 6.07) is 14.5. The van der Waals surface area contributed by atoms with E-state index in [1.807, 2.05) is 18.2 Å². The minimum atomic E-state index is 0.568. The van der Waals surface area contributed by atoms with Crippen LogP contribution < -0.4 is 10.6 Å². The highest BCUT2D eigenvalue weighted by Crippen LogP contribution is 2.34. The van der Waals surface area contributed by atoms with Gasteiger partial charge in [0, 0.05) is 24.5 Å². The number of rotatable bonds is 3.